The van der Waals surface area contributed by atoms with Crippen LogP contribution in [0.4, 0.5) is 0 Å². The van der Waals surface area contributed by atoms with Gasteiger partial charge in [-0.05, 0) is 6.08 Å². The number of ketones is 1. The quantitative estimate of drug-likeness (QED) is 0.813. The molecule has 2 aliphatic rings. The summed E-state index contributed by atoms with van der Waals surface area (Å²) in [7, 11) is 0. The van der Waals surface area contributed by atoms with Gasteiger partial charge in [0.2, 0.25) is 0 Å². The van der Waals surface area contributed by atoms with E-state index in [1.54, 1.807) is 0 Å². The summed E-state index contributed by atoms with van der Waals surface area (Å²) in [5.41, 5.74) is 3.69. The van der Waals surface area contributed by atoms with Crippen molar-refractivity contribution >= 4 is 11.6 Å². The van der Waals surface area contributed by atoms with Gasteiger partial charge in [-0.3, -0.25) is 9.79 Å². The lowest BCUT2D eigenvalue weighted by Gasteiger charge is -2.24. The van der Waals surface area contributed by atoms with Gasteiger partial charge in [0.1, 0.15) is 5.84 Å². The summed E-state index contributed by atoms with van der Waals surface area (Å²) < 4.78 is 0. The maximum absolute atomic E-state index is 12.6. The fourth-order valence-corrected chi connectivity index (χ4v) is 2.97. The van der Waals surface area contributed by atoms with Gasteiger partial charge < -0.3 is 4.90 Å². The van der Waals surface area contributed by atoms with E-state index >= 15 is 0 Å². The Bertz CT molecular complexity index is 832. The van der Waals surface area contributed by atoms with Crippen molar-refractivity contribution in [2.24, 2.45) is 4.99 Å². The molecule has 0 aromatic heterocycles. The molecule has 0 unspecified atom stereocenters. The van der Waals surface area contributed by atoms with E-state index in [1.165, 1.54) is 0 Å². The Kier molecular flexibility index (Phi) is 3.39. The Morgan fingerprint density at radius 3 is 2.39 bits per heavy atom. The van der Waals surface area contributed by atoms with Crippen LogP contribution in [-0.4, -0.2) is 29.6 Å². The zero-order chi connectivity index (χ0) is 15.6. The van der Waals surface area contributed by atoms with Gasteiger partial charge >= 0.3 is 0 Å². The van der Waals surface area contributed by atoms with E-state index in [4.69, 9.17) is 0 Å². The monoisotopic (exact) mass is 300 g/mol. The molecule has 2 aliphatic heterocycles. The minimum atomic E-state index is 0.0749. The first-order valence-corrected chi connectivity index (χ1v) is 7.71. The molecule has 0 radical (unpaired) electrons. The second-order valence-electron chi connectivity index (χ2n) is 5.61. The van der Waals surface area contributed by atoms with E-state index < -0.39 is 0 Å². The maximum Gasteiger partial charge on any atom is 0.192 e. The van der Waals surface area contributed by atoms with Crippen molar-refractivity contribution in [1.82, 2.24) is 4.90 Å². The number of benzene rings is 2. The van der Waals surface area contributed by atoms with Crippen LogP contribution < -0.4 is 0 Å². The highest BCUT2D eigenvalue weighted by Crippen LogP contribution is 2.25. The lowest BCUT2D eigenvalue weighted by molar-refractivity contribution is 0.103. The first-order chi connectivity index (χ1) is 11.3. The Hall–Kier alpha value is -2.94. The average Bonchev–Trinajstić information content (AvgIpc) is 3.06. The summed E-state index contributed by atoms with van der Waals surface area (Å²) in [6.45, 7) is 1.32. The standard InChI is InChI=1S/C20H16N2O/c23-19(15-7-3-1-4-8-15)17-11-12-22-18(13-17)14-21-20(22)16-9-5-2-6-10-16/h1-11,13H,12,14H2. The van der Waals surface area contributed by atoms with Gasteiger partial charge in [0.05, 0.1) is 6.54 Å². The predicted octanol–water partition coefficient (Wildman–Crippen LogP) is 3.46. The molecule has 0 saturated heterocycles. The zero-order valence-corrected chi connectivity index (χ0v) is 12.6. The summed E-state index contributed by atoms with van der Waals surface area (Å²) in [6, 6.07) is 19.6. The van der Waals surface area contributed by atoms with E-state index in [0.717, 1.165) is 28.2 Å². The Morgan fingerprint density at radius 1 is 0.957 bits per heavy atom. The number of rotatable bonds is 3. The molecule has 2 aromatic rings. The number of Topliss-reactive ketones (excluding diaryl/α,β-unsaturated/α-hetero) is 1. The van der Waals surface area contributed by atoms with Crippen LogP contribution in [0.2, 0.25) is 0 Å². The first-order valence-electron chi connectivity index (χ1n) is 7.71. The lowest BCUT2D eigenvalue weighted by Crippen LogP contribution is -2.30. The fraction of sp³-hybridized carbons (Fsp3) is 0.100. The SMILES string of the molecule is O=C(C1=CCN2C(=C1)CN=C2c1ccccc1)c1ccccc1. The maximum atomic E-state index is 12.6. The Balaban J connectivity index is 1.58. The molecule has 0 amide bonds. The van der Waals surface area contributed by atoms with E-state index in [1.807, 2.05) is 60.7 Å². The molecule has 0 N–H and O–H groups in total. The van der Waals surface area contributed by atoms with Crippen LogP contribution in [0.15, 0.2) is 89.1 Å². The number of amidine groups is 1. The molecule has 2 aromatic carbocycles. The number of aliphatic imine (C=N–C) groups is 1. The summed E-state index contributed by atoms with van der Waals surface area (Å²) in [5, 5.41) is 0. The van der Waals surface area contributed by atoms with E-state index in [9.17, 15) is 4.79 Å². The number of allylic oxidation sites excluding steroid dienone is 2. The minimum Gasteiger partial charge on any atom is -0.324 e. The largest absolute Gasteiger partial charge is 0.324 e. The van der Waals surface area contributed by atoms with Crippen molar-refractivity contribution in [3.05, 3.63) is 95.2 Å². The molecule has 3 heteroatoms. The summed E-state index contributed by atoms with van der Waals surface area (Å²) in [4.78, 5) is 19.4. The molecule has 0 saturated carbocycles. The number of carbonyl (C=O) groups excluding carboxylic acids is 1. The van der Waals surface area contributed by atoms with Crippen LogP contribution in [0.1, 0.15) is 15.9 Å². The molecule has 112 valence electrons. The average molecular weight is 300 g/mol. The van der Waals surface area contributed by atoms with Crippen molar-refractivity contribution in [3.63, 3.8) is 0 Å². The number of carbonyl (C=O) groups is 1. The molecular weight excluding hydrogens is 284 g/mol. The smallest absolute Gasteiger partial charge is 0.192 e. The third-order valence-corrected chi connectivity index (χ3v) is 4.14. The Labute approximate surface area is 135 Å². The second kappa shape index (κ2) is 5.69. The molecule has 23 heavy (non-hydrogen) atoms. The topological polar surface area (TPSA) is 32.7 Å². The van der Waals surface area contributed by atoms with Crippen LogP contribution in [0, 0.1) is 0 Å². The first kappa shape index (κ1) is 13.7. The molecule has 3 nitrogen and oxygen atoms in total. The van der Waals surface area contributed by atoms with Gasteiger partial charge in [0.15, 0.2) is 5.78 Å². The molecule has 0 bridgehead atoms. The van der Waals surface area contributed by atoms with Crippen LogP contribution in [0.25, 0.3) is 0 Å². The van der Waals surface area contributed by atoms with Crippen molar-refractivity contribution < 1.29 is 4.79 Å². The summed E-state index contributed by atoms with van der Waals surface area (Å²) in [5.74, 6) is 1.06. The van der Waals surface area contributed by atoms with E-state index in [2.05, 4.69) is 22.0 Å². The third-order valence-electron chi connectivity index (χ3n) is 4.14. The number of hydrogen-bond donors (Lipinski definition) is 0. The number of hydrogen-bond acceptors (Lipinski definition) is 3. The molecule has 0 aliphatic carbocycles. The Morgan fingerprint density at radius 2 is 1.65 bits per heavy atom. The summed E-state index contributed by atoms with van der Waals surface area (Å²) in [6.07, 6.45) is 3.96. The molecule has 0 fully saturated rings. The second-order valence-corrected chi connectivity index (χ2v) is 5.61. The third kappa shape index (κ3) is 2.50. The van der Waals surface area contributed by atoms with Crippen molar-refractivity contribution in [2.45, 2.75) is 0 Å². The predicted molar refractivity (Wildman–Crippen MR) is 91.5 cm³/mol. The van der Waals surface area contributed by atoms with Gasteiger partial charge in [-0.25, -0.2) is 0 Å². The molecule has 0 spiro atoms. The van der Waals surface area contributed by atoms with Crippen molar-refractivity contribution in [1.29, 1.82) is 0 Å². The van der Waals surface area contributed by atoms with Gasteiger partial charge in [0, 0.05) is 28.9 Å². The molecule has 2 heterocycles. The fourth-order valence-electron chi connectivity index (χ4n) is 2.97. The lowest BCUT2D eigenvalue weighted by atomic mass is 10.00. The van der Waals surface area contributed by atoms with Crippen molar-refractivity contribution in [2.75, 3.05) is 13.1 Å². The van der Waals surface area contributed by atoms with Crippen LogP contribution in [-0.2, 0) is 0 Å². The van der Waals surface area contributed by atoms with E-state index in [0.29, 0.717) is 13.1 Å². The van der Waals surface area contributed by atoms with Crippen LogP contribution in [0.3, 0.4) is 0 Å². The highest BCUT2D eigenvalue weighted by molar-refractivity contribution is 6.11. The minimum absolute atomic E-state index is 0.0749. The molecule has 4 rings (SSSR count). The van der Waals surface area contributed by atoms with Gasteiger partial charge in [0.25, 0.3) is 0 Å². The highest BCUT2D eigenvalue weighted by Gasteiger charge is 2.26. The van der Waals surface area contributed by atoms with Gasteiger partial charge in [-0.2, -0.15) is 0 Å². The molecule has 0 atom stereocenters. The summed E-state index contributed by atoms with van der Waals surface area (Å²) >= 11 is 0. The zero-order valence-electron chi connectivity index (χ0n) is 12.6. The molecular formula is C20H16N2O. The van der Waals surface area contributed by atoms with Crippen LogP contribution >= 0.6 is 0 Å². The van der Waals surface area contributed by atoms with Crippen LogP contribution in [0.5, 0.6) is 0 Å². The highest BCUT2D eigenvalue weighted by atomic mass is 16.1. The van der Waals surface area contributed by atoms with Gasteiger partial charge in [-0.15, -0.1) is 0 Å². The van der Waals surface area contributed by atoms with Gasteiger partial charge in [-0.1, -0.05) is 66.7 Å². The number of fused-ring (bicyclic) bond motifs is 1. The van der Waals surface area contributed by atoms with Crippen molar-refractivity contribution in [3.8, 4) is 0 Å². The van der Waals surface area contributed by atoms with E-state index in [-0.39, 0.29) is 5.78 Å². The number of nitrogens with zero attached hydrogens (tertiary/aromatic N) is 2. The normalized spacial score (nSPS) is 16.3.